The van der Waals surface area contributed by atoms with Crippen LogP contribution in [0.15, 0.2) is 58.1 Å². The normalized spacial score (nSPS) is 16.2. The fourth-order valence-electron chi connectivity index (χ4n) is 2.59. The zero-order chi connectivity index (χ0) is 16.1. The molecule has 0 saturated carbocycles. The number of hydrazone groups is 1. The molecule has 5 heteroatoms. The van der Waals surface area contributed by atoms with E-state index in [9.17, 15) is 0 Å². The summed E-state index contributed by atoms with van der Waals surface area (Å²) in [5.74, 6) is 0. The van der Waals surface area contributed by atoms with E-state index in [1.807, 2.05) is 30.5 Å². The monoisotopic (exact) mass is 391 g/mol. The van der Waals surface area contributed by atoms with Crippen LogP contribution in [0.2, 0.25) is 5.02 Å². The standard InChI is InChI=1S/C18H19BrClN3/c19-17-3-1-2-16(12-17)13-21-23-10-8-22(9-11-23)14-15-4-6-18(20)7-5-15/h1-7,12-13H,8-11,14H2/b21-13-. The van der Waals surface area contributed by atoms with Crippen molar-refractivity contribution in [3.8, 4) is 0 Å². The highest BCUT2D eigenvalue weighted by molar-refractivity contribution is 9.10. The minimum atomic E-state index is 0.792. The van der Waals surface area contributed by atoms with Crippen LogP contribution in [0.1, 0.15) is 11.1 Å². The molecule has 1 aliphatic rings. The second-order valence-electron chi connectivity index (χ2n) is 5.66. The van der Waals surface area contributed by atoms with E-state index in [1.165, 1.54) is 5.56 Å². The highest BCUT2D eigenvalue weighted by Gasteiger charge is 2.15. The first kappa shape index (κ1) is 16.5. The van der Waals surface area contributed by atoms with E-state index in [1.54, 1.807) is 0 Å². The second kappa shape index (κ2) is 7.95. The summed E-state index contributed by atoms with van der Waals surface area (Å²) in [6.07, 6.45) is 1.93. The lowest BCUT2D eigenvalue weighted by Gasteiger charge is -2.33. The Balaban J connectivity index is 1.49. The van der Waals surface area contributed by atoms with Crippen LogP contribution in [0.4, 0.5) is 0 Å². The Morgan fingerprint density at radius 3 is 2.48 bits per heavy atom. The maximum Gasteiger partial charge on any atom is 0.0543 e. The third kappa shape index (κ3) is 5.06. The summed E-state index contributed by atoms with van der Waals surface area (Å²) in [6.45, 7) is 4.94. The molecule has 120 valence electrons. The van der Waals surface area contributed by atoms with Gasteiger partial charge in [0.2, 0.25) is 0 Å². The molecule has 1 heterocycles. The molecule has 0 aliphatic carbocycles. The lowest BCUT2D eigenvalue weighted by atomic mass is 10.2. The molecule has 1 saturated heterocycles. The van der Waals surface area contributed by atoms with Gasteiger partial charge in [-0.15, -0.1) is 0 Å². The van der Waals surface area contributed by atoms with Crippen molar-refractivity contribution >= 4 is 33.7 Å². The zero-order valence-corrected chi connectivity index (χ0v) is 15.2. The van der Waals surface area contributed by atoms with Gasteiger partial charge in [0.25, 0.3) is 0 Å². The van der Waals surface area contributed by atoms with E-state index in [2.05, 4.69) is 55.2 Å². The van der Waals surface area contributed by atoms with Crippen molar-refractivity contribution in [1.29, 1.82) is 0 Å². The highest BCUT2D eigenvalue weighted by atomic mass is 79.9. The number of hydrogen-bond acceptors (Lipinski definition) is 3. The van der Waals surface area contributed by atoms with Crippen molar-refractivity contribution in [3.05, 3.63) is 69.2 Å². The molecule has 3 rings (SSSR count). The van der Waals surface area contributed by atoms with Gasteiger partial charge in [-0.3, -0.25) is 9.91 Å². The van der Waals surface area contributed by atoms with Gasteiger partial charge in [-0.25, -0.2) is 0 Å². The fourth-order valence-corrected chi connectivity index (χ4v) is 3.14. The van der Waals surface area contributed by atoms with Crippen molar-refractivity contribution in [2.75, 3.05) is 26.2 Å². The Hall–Kier alpha value is -1.36. The predicted octanol–water partition coefficient (Wildman–Crippen LogP) is 4.25. The summed E-state index contributed by atoms with van der Waals surface area (Å²) in [5, 5.41) is 7.52. The van der Waals surface area contributed by atoms with Crippen molar-refractivity contribution in [1.82, 2.24) is 9.91 Å². The molecule has 0 bridgehead atoms. The average molecular weight is 393 g/mol. The third-order valence-corrected chi connectivity index (χ3v) is 4.63. The fraction of sp³-hybridized carbons (Fsp3) is 0.278. The lowest BCUT2D eigenvalue weighted by Crippen LogP contribution is -2.43. The summed E-state index contributed by atoms with van der Waals surface area (Å²) in [6, 6.07) is 16.3. The van der Waals surface area contributed by atoms with Gasteiger partial charge < -0.3 is 0 Å². The van der Waals surface area contributed by atoms with Gasteiger partial charge in [-0.2, -0.15) is 5.10 Å². The quantitative estimate of drug-likeness (QED) is 0.724. The molecule has 0 spiro atoms. The summed E-state index contributed by atoms with van der Waals surface area (Å²) >= 11 is 9.41. The highest BCUT2D eigenvalue weighted by Crippen LogP contribution is 2.13. The van der Waals surface area contributed by atoms with Gasteiger partial charge in [-0.05, 0) is 35.4 Å². The van der Waals surface area contributed by atoms with Gasteiger partial charge in [-0.1, -0.05) is 51.8 Å². The van der Waals surface area contributed by atoms with Gasteiger partial charge in [0.15, 0.2) is 0 Å². The van der Waals surface area contributed by atoms with Crippen LogP contribution in [0.5, 0.6) is 0 Å². The van der Waals surface area contributed by atoms with E-state index < -0.39 is 0 Å². The molecular weight excluding hydrogens is 374 g/mol. The number of nitrogens with zero attached hydrogens (tertiary/aromatic N) is 3. The first-order chi connectivity index (χ1) is 11.2. The molecule has 3 nitrogen and oxygen atoms in total. The molecule has 0 aromatic heterocycles. The SMILES string of the molecule is Clc1ccc(CN2CCN(/N=C\c3cccc(Br)c3)CC2)cc1. The van der Waals surface area contributed by atoms with Crippen LogP contribution >= 0.6 is 27.5 Å². The van der Waals surface area contributed by atoms with Crippen molar-refractivity contribution in [3.63, 3.8) is 0 Å². The maximum absolute atomic E-state index is 5.93. The average Bonchev–Trinajstić information content (AvgIpc) is 2.56. The Morgan fingerprint density at radius 1 is 1.04 bits per heavy atom. The third-order valence-electron chi connectivity index (χ3n) is 3.89. The lowest BCUT2D eigenvalue weighted by molar-refractivity contribution is 0.131. The summed E-state index contributed by atoms with van der Waals surface area (Å²) in [7, 11) is 0. The van der Waals surface area contributed by atoms with E-state index in [4.69, 9.17) is 11.6 Å². The Kier molecular flexibility index (Phi) is 5.70. The summed E-state index contributed by atoms with van der Waals surface area (Å²) in [5.41, 5.74) is 2.42. The van der Waals surface area contributed by atoms with Crippen molar-refractivity contribution in [2.24, 2.45) is 5.10 Å². The van der Waals surface area contributed by atoms with E-state index >= 15 is 0 Å². The smallest absolute Gasteiger partial charge is 0.0543 e. The van der Waals surface area contributed by atoms with E-state index in [0.29, 0.717) is 0 Å². The number of halogens is 2. The minimum Gasteiger partial charge on any atom is -0.295 e. The zero-order valence-electron chi connectivity index (χ0n) is 12.8. The van der Waals surface area contributed by atoms with Crippen LogP contribution in [-0.2, 0) is 6.54 Å². The number of hydrogen-bond donors (Lipinski definition) is 0. The second-order valence-corrected chi connectivity index (χ2v) is 7.01. The first-order valence-corrected chi connectivity index (χ1v) is 8.87. The van der Waals surface area contributed by atoms with Crippen LogP contribution in [0.25, 0.3) is 0 Å². The topological polar surface area (TPSA) is 18.8 Å². The molecule has 1 aliphatic heterocycles. The Bertz CT molecular complexity index is 664. The van der Waals surface area contributed by atoms with Gasteiger partial charge >= 0.3 is 0 Å². The van der Waals surface area contributed by atoms with Crippen molar-refractivity contribution in [2.45, 2.75) is 6.54 Å². The van der Waals surface area contributed by atoms with Gasteiger partial charge in [0.05, 0.1) is 6.21 Å². The van der Waals surface area contributed by atoms with Crippen LogP contribution in [0, 0.1) is 0 Å². The molecule has 0 unspecified atom stereocenters. The van der Waals surface area contributed by atoms with Gasteiger partial charge in [0.1, 0.15) is 0 Å². The van der Waals surface area contributed by atoms with Crippen LogP contribution < -0.4 is 0 Å². The number of rotatable bonds is 4. The predicted molar refractivity (Wildman–Crippen MR) is 100 cm³/mol. The largest absolute Gasteiger partial charge is 0.295 e. The molecule has 2 aromatic rings. The summed E-state index contributed by atoms with van der Waals surface area (Å²) < 4.78 is 1.08. The van der Waals surface area contributed by atoms with E-state index in [-0.39, 0.29) is 0 Å². The number of benzene rings is 2. The molecule has 0 atom stereocenters. The van der Waals surface area contributed by atoms with Crippen LogP contribution in [-0.4, -0.2) is 42.3 Å². The molecule has 0 N–H and O–H groups in total. The van der Waals surface area contributed by atoms with E-state index in [0.717, 1.165) is 47.8 Å². The van der Waals surface area contributed by atoms with Crippen LogP contribution in [0.3, 0.4) is 0 Å². The molecule has 2 aromatic carbocycles. The Morgan fingerprint density at radius 2 is 1.78 bits per heavy atom. The van der Waals surface area contributed by atoms with Gasteiger partial charge in [0, 0.05) is 42.2 Å². The molecule has 0 radical (unpaired) electrons. The number of piperazine rings is 1. The Labute approximate surface area is 150 Å². The minimum absolute atomic E-state index is 0.792. The molecule has 0 amide bonds. The molecule has 1 fully saturated rings. The molecular formula is C18H19BrClN3. The first-order valence-electron chi connectivity index (χ1n) is 7.70. The summed E-state index contributed by atoms with van der Waals surface area (Å²) in [4.78, 5) is 2.45. The molecule has 23 heavy (non-hydrogen) atoms. The maximum atomic E-state index is 5.93. The van der Waals surface area contributed by atoms with Crippen molar-refractivity contribution < 1.29 is 0 Å².